The summed E-state index contributed by atoms with van der Waals surface area (Å²) in [6.07, 6.45) is 7.97. The Balaban J connectivity index is 1.85. The molecule has 0 saturated heterocycles. The van der Waals surface area contributed by atoms with Gasteiger partial charge in [-0.05, 0) is 36.3 Å². The van der Waals surface area contributed by atoms with E-state index < -0.39 is 0 Å². The number of hydrogen-bond donors (Lipinski definition) is 1. The van der Waals surface area contributed by atoms with Crippen LogP contribution in [0.5, 0.6) is 0 Å². The van der Waals surface area contributed by atoms with Crippen molar-refractivity contribution in [2.75, 3.05) is 12.4 Å². The van der Waals surface area contributed by atoms with E-state index in [-0.39, 0.29) is 0 Å². The molecule has 19 heavy (non-hydrogen) atoms. The van der Waals surface area contributed by atoms with Gasteiger partial charge in [-0.3, -0.25) is 0 Å². The number of halogens is 1. The molecule has 0 N–H and O–H groups in total. The first kappa shape index (κ1) is 15.4. The van der Waals surface area contributed by atoms with Crippen molar-refractivity contribution in [2.24, 2.45) is 5.41 Å². The summed E-state index contributed by atoms with van der Waals surface area (Å²) < 4.78 is 7.11. The van der Waals surface area contributed by atoms with Crippen LogP contribution in [-0.2, 0) is 11.3 Å². The second kappa shape index (κ2) is 7.70. The Hall–Kier alpha value is 0.01000. The minimum atomic E-state index is 0.311. The zero-order valence-corrected chi connectivity index (χ0v) is 13.9. The number of rotatable bonds is 5. The van der Waals surface area contributed by atoms with Crippen molar-refractivity contribution in [1.82, 2.24) is 0 Å². The quantitative estimate of drug-likeness (QED) is 0.568. The van der Waals surface area contributed by atoms with E-state index >= 15 is 0 Å². The molecule has 0 amide bonds. The Morgan fingerprint density at radius 3 is 2.53 bits per heavy atom. The lowest BCUT2D eigenvalue weighted by molar-refractivity contribution is 0.0370. The molecule has 1 aromatic rings. The van der Waals surface area contributed by atoms with Crippen LogP contribution in [0.25, 0.3) is 0 Å². The summed E-state index contributed by atoms with van der Waals surface area (Å²) in [4.78, 5) is 0. The van der Waals surface area contributed by atoms with E-state index in [1.807, 2.05) is 6.07 Å². The van der Waals surface area contributed by atoms with Gasteiger partial charge in [0.05, 0.1) is 13.2 Å². The van der Waals surface area contributed by atoms with E-state index in [4.69, 9.17) is 4.74 Å². The van der Waals surface area contributed by atoms with Gasteiger partial charge in [0.25, 0.3) is 0 Å². The van der Waals surface area contributed by atoms with Crippen LogP contribution >= 0.6 is 28.6 Å². The molecule has 106 valence electrons. The first-order valence-electron chi connectivity index (χ1n) is 7.17. The fourth-order valence-electron chi connectivity index (χ4n) is 2.84. The van der Waals surface area contributed by atoms with Crippen molar-refractivity contribution in [2.45, 2.75) is 45.1 Å². The van der Waals surface area contributed by atoms with E-state index in [1.165, 1.54) is 44.1 Å². The van der Waals surface area contributed by atoms with Gasteiger partial charge in [-0.1, -0.05) is 53.7 Å². The third-order valence-electron chi connectivity index (χ3n) is 4.07. The molecule has 0 unspecified atom stereocenters. The van der Waals surface area contributed by atoms with Gasteiger partial charge in [0.15, 0.2) is 0 Å². The molecule has 0 atom stereocenters. The van der Waals surface area contributed by atoms with Crippen molar-refractivity contribution in [3.8, 4) is 0 Å². The Kier molecular flexibility index (Phi) is 6.24. The highest BCUT2D eigenvalue weighted by Crippen LogP contribution is 2.36. The second-order valence-electron chi connectivity index (χ2n) is 5.70. The lowest BCUT2D eigenvalue weighted by Gasteiger charge is -2.30. The van der Waals surface area contributed by atoms with Crippen LogP contribution in [0, 0.1) is 5.41 Å². The highest BCUT2D eigenvalue weighted by atomic mass is 79.9. The maximum atomic E-state index is 5.99. The average Bonchev–Trinajstić information content (AvgIpc) is 2.65. The maximum absolute atomic E-state index is 5.99. The highest BCUT2D eigenvalue weighted by molar-refractivity contribution is 9.10. The molecule has 1 aliphatic carbocycles. The first-order chi connectivity index (χ1) is 9.24. The molecule has 0 radical (unpaired) electrons. The van der Waals surface area contributed by atoms with Crippen LogP contribution in [0.2, 0.25) is 0 Å². The van der Waals surface area contributed by atoms with E-state index in [9.17, 15) is 0 Å². The molecule has 1 aromatic carbocycles. The van der Waals surface area contributed by atoms with Crippen molar-refractivity contribution in [3.05, 3.63) is 34.3 Å². The molecule has 1 fully saturated rings. The van der Waals surface area contributed by atoms with Crippen LogP contribution in [0.15, 0.2) is 28.7 Å². The van der Waals surface area contributed by atoms with E-state index in [1.54, 1.807) is 0 Å². The summed E-state index contributed by atoms with van der Waals surface area (Å²) >= 11 is 8.08. The molecule has 1 nitrogen and oxygen atoms in total. The molecule has 1 saturated carbocycles. The minimum Gasteiger partial charge on any atom is -0.376 e. The molecule has 0 spiro atoms. The van der Waals surface area contributed by atoms with Crippen LogP contribution in [0.4, 0.5) is 0 Å². The Bertz CT molecular complexity index is 386. The predicted octanol–water partition coefficient (Wildman–Crippen LogP) is 5.24. The van der Waals surface area contributed by atoms with Crippen LogP contribution < -0.4 is 0 Å². The predicted molar refractivity (Wildman–Crippen MR) is 87.8 cm³/mol. The van der Waals surface area contributed by atoms with Gasteiger partial charge in [-0.15, -0.1) is 0 Å². The van der Waals surface area contributed by atoms with Gasteiger partial charge in [0.1, 0.15) is 0 Å². The zero-order chi connectivity index (χ0) is 13.6. The summed E-state index contributed by atoms with van der Waals surface area (Å²) in [7, 11) is 0. The van der Waals surface area contributed by atoms with Gasteiger partial charge >= 0.3 is 0 Å². The molecular weight excluding hydrogens is 320 g/mol. The van der Waals surface area contributed by atoms with Crippen molar-refractivity contribution < 1.29 is 4.74 Å². The molecule has 0 aromatic heterocycles. The SMILES string of the molecule is SCC1(COCc2cccc(Br)c2)CCCCCC1. The number of benzene rings is 1. The largest absolute Gasteiger partial charge is 0.376 e. The van der Waals surface area contributed by atoms with E-state index in [0.29, 0.717) is 12.0 Å². The van der Waals surface area contributed by atoms with Crippen LogP contribution in [0.3, 0.4) is 0 Å². The third-order valence-corrected chi connectivity index (χ3v) is 5.23. The monoisotopic (exact) mass is 342 g/mol. The Morgan fingerprint density at radius 2 is 1.89 bits per heavy atom. The fraction of sp³-hybridized carbons (Fsp3) is 0.625. The number of hydrogen-bond acceptors (Lipinski definition) is 2. The highest BCUT2D eigenvalue weighted by Gasteiger charge is 2.29. The summed E-state index contributed by atoms with van der Waals surface area (Å²) in [5, 5.41) is 0. The number of thiol groups is 1. The van der Waals surface area contributed by atoms with Crippen LogP contribution in [-0.4, -0.2) is 12.4 Å². The summed E-state index contributed by atoms with van der Waals surface area (Å²) in [6, 6.07) is 8.35. The molecule has 0 aliphatic heterocycles. The van der Waals surface area contributed by atoms with Crippen molar-refractivity contribution in [1.29, 1.82) is 0 Å². The normalized spacial score (nSPS) is 19.1. The topological polar surface area (TPSA) is 9.23 Å². The Morgan fingerprint density at radius 1 is 1.16 bits per heavy atom. The smallest absolute Gasteiger partial charge is 0.0717 e. The minimum absolute atomic E-state index is 0.311. The van der Waals surface area contributed by atoms with Crippen molar-refractivity contribution >= 4 is 28.6 Å². The average molecular weight is 343 g/mol. The van der Waals surface area contributed by atoms with Crippen LogP contribution in [0.1, 0.15) is 44.1 Å². The first-order valence-corrected chi connectivity index (χ1v) is 8.60. The van der Waals surface area contributed by atoms with Gasteiger partial charge in [0, 0.05) is 9.89 Å². The van der Waals surface area contributed by atoms with Gasteiger partial charge in [-0.25, -0.2) is 0 Å². The second-order valence-corrected chi connectivity index (χ2v) is 6.93. The fourth-order valence-corrected chi connectivity index (χ4v) is 3.69. The Labute approximate surface area is 130 Å². The maximum Gasteiger partial charge on any atom is 0.0717 e. The molecular formula is C16H23BrOS. The summed E-state index contributed by atoms with van der Waals surface area (Å²) in [5.41, 5.74) is 1.54. The van der Waals surface area contributed by atoms with E-state index in [2.05, 4.69) is 46.8 Å². The van der Waals surface area contributed by atoms with Gasteiger partial charge in [0.2, 0.25) is 0 Å². The van der Waals surface area contributed by atoms with E-state index in [0.717, 1.165) is 16.8 Å². The lowest BCUT2D eigenvalue weighted by atomic mass is 9.83. The molecule has 2 rings (SSSR count). The zero-order valence-electron chi connectivity index (χ0n) is 11.4. The number of ether oxygens (including phenoxy) is 1. The van der Waals surface area contributed by atoms with Crippen molar-refractivity contribution in [3.63, 3.8) is 0 Å². The lowest BCUT2D eigenvalue weighted by Crippen LogP contribution is -2.28. The molecule has 1 aliphatic rings. The summed E-state index contributed by atoms with van der Waals surface area (Å²) in [6.45, 7) is 1.55. The summed E-state index contributed by atoms with van der Waals surface area (Å²) in [5.74, 6) is 0.950. The van der Waals surface area contributed by atoms with Gasteiger partial charge in [-0.2, -0.15) is 12.6 Å². The molecule has 0 bridgehead atoms. The standard InChI is InChI=1S/C16H23BrOS/c17-15-7-5-6-14(10-15)11-18-12-16(13-19)8-3-1-2-4-9-16/h5-7,10,19H,1-4,8-9,11-13H2. The van der Waals surface area contributed by atoms with Gasteiger partial charge < -0.3 is 4.74 Å². The molecule has 3 heteroatoms. The molecule has 0 heterocycles. The third kappa shape index (κ3) is 4.80.